The Balaban J connectivity index is 1.39. The molecule has 0 aliphatic heterocycles. The normalized spacial score (nSPS) is 10.9. The SMILES string of the molecule is CCN(CCCNC(=O)c1ccc(-n2c(=S)[nH]c3ccccc3c2=O)cc1)c1cccc(C)c1. The second-order valence-corrected chi connectivity index (χ2v) is 8.58. The second kappa shape index (κ2) is 10.5. The first-order chi connectivity index (χ1) is 16.5. The Morgan fingerprint density at radius 3 is 2.56 bits per heavy atom. The maximum Gasteiger partial charge on any atom is 0.266 e. The molecule has 1 aromatic heterocycles. The van der Waals surface area contributed by atoms with Crippen molar-refractivity contribution in [3.8, 4) is 5.69 Å². The van der Waals surface area contributed by atoms with Crippen LogP contribution in [0.2, 0.25) is 0 Å². The molecule has 34 heavy (non-hydrogen) atoms. The minimum absolute atomic E-state index is 0.138. The summed E-state index contributed by atoms with van der Waals surface area (Å²) in [6.45, 7) is 6.58. The topological polar surface area (TPSA) is 70.1 Å². The van der Waals surface area contributed by atoms with E-state index in [0.29, 0.717) is 33.5 Å². The van der Waals surface area contributed by atoms with Crippen molar-refractivity contribution in [3.05, 3.63) is 99.0 Å². The Morgan fingerprint density at radius 2 is 1.82 bits per heavy atom. The van der Waals surface area contributed by atoms with Gasteiger partial charge in [-0.05, 0) is 86.6 Å². The Labute approximate surface area is 203 Å². The first-order valence-corrected chi connectivity index (χ1v) is 11.8. The number of fused-ring (bicyclic) bond motifs is 1. The number of nitrogens with one attached hydrogen (secondary N) is 2. The highest BCUT2D eigenvalue weighted by molar-refractivity contribution is 7.71. The van der Waals surface area contributed by atoms with E-state index in [-0.39, 0.29) is 11.5 Å². The highest BCUT2D eigenvalue weighted by Crippen LogP contribution is 2.16. The molecule has 0 radical (unpaired) electrons. The average Bonchev–Trinajstić information content (AvgIpc) is 2.84. The van der Waals surface area contributed by atoms with Crippen LogP contribution in [0.3, 0.4) is 0 Å². The highest BCUT2D eigenvalue weighted by atomic mass is 32.1. The Hall–Kier alpha value is -3.71. The number of nitrogens with zero attached hydrogens (tertiary/aromatic N) is 2. The van der Waals surface area contributed by atoms with Gasteiger partial charge in [0.15, 0.2) is 4.77 Å². The van der Waals surface area contributed by atoms with Gasteiger partial charge in [-0.3, -0.25) is 14.2 Å². The van der Waals surface area contributed by atoms with Gasteiger partial charge in [0.2, 0.25) is 0 Å². The number of aryl methyl sites for hydroxylation is 1. The molecular formula is C27H28N4O2S. The molecule has 0 atom stereocenters. The molecule has 0 fully saturated rings. The maximum atomic E-state index is 12.9. The molecule has 1 heterocycles. The van der Waals surface area contributed by atoms with E-state index in [1.807, 2.05) is 18.2 Å². The molecule has 2 N–H and O–H groups in total. The summed E-state index contributed by atoms with van der Waals surface area (Å²) < 4.78 is 1.76. The molecule has 4 aromatic rings. The largest absolute Gasteiger partial charge is 0.372 e. The fourth-order valence-corrected chi connectivity index (χ4v) is 4.33. The second-order valence-electron chi connectivity index (χ2n) is 8.19. The van der Waals surface area contributed by atoms with Crippen LogP contribution < -0.4 is 15.8 Å². The third kappa shape index (κ3) is 5.10. The smallest absolute Gasteiger partial charge is 0.266 e. The lowest BCUT2D eigenvalue weighted by Crippen LogP contribution is -2.30. The highest BCUT2D eigenvalue weighted by Gasteiger charge is 2.10. The Bertz CT molecular complexity index is 1420. The minimum atomic E-state index is -0.189. The van der Waals surface area contributed by atoms with Gasteiger partial charge in [-0.1, -0.05) is 24.3 Å². The Morgan fingerprint density at radius 1 is 1.06 bits per heavy atom. The summed E-state index contributed by atoms with van der Waals surface area (Å²) in [7, 11) is 0. The zero-order chi connectivity index (χ0) is 24.1. The number of rotatable bonds is 8. The van der Waals surface area contributed by atoms with Gasteiger partial charge in [0.1, 0.15) is 0 Å². The number of carbonyl (C=O) groups excluding carboxylic acids is 1. The van der Waals surface area contributed by atoms with Crippen LogP contribution in [0.5, 0.6) is 0 Å². The fourth-order valence-electron chi connectivity index (χ4n) is 4.03. The van der Waals surface area contributed by atoms with Crippen molar-refractivity contribution in [2.24, 2.45) is 0 Å². The summed E-state index contributed by atoms with van der Waals surface area (Å²) in [4.78, 5) is 30.9. The molecule has 0 spiro atoms. The van der Waals surface area contributed by atoms with E-state index in [9.17, 15) is 9.59 Å². The summed E-state index contributed by atoms with van der Waals surface area (Å²) >= 11 is 5.40. The van der Waals surface area contributed by atoms with Crippen molar-refractivity contribution in [2.45, 2.75) is 20.3 Å². The molecule has 0 saturated carbocycles. The number of anilines is 1. The van der Waals surface area contributed by atoms with Gasteiger partial charge in [0, 0.05) is 30.9 Å². The predicted molar refractivity (Wildman–Crippen MR) is 141 cm³/mol. The molecule has 0 aliphatic rings. The summed E-state index contributed by atoms with van der Waals surface area (Å²) in [5, 5.41) is 3.55. The van der Waals surface area contributed by atoms with Crippen molar-refractivity contribution in [1.82, 2.24) is 14.9 Å². The summed E-state index contributed by atoms with van der Waals surface area (Å²) in [6.07, 6.45) is 0.841. The van der Waals surface area contributed by atoms with Crippen LogP contribution in [-0.2, 0) is 0 Å². The molecule has 0 aliphatic carbocycles. The lowest BCUT2D eigenvalue weighted by molar-refractivity contribution is 0.0953. The first-order valence-electron chi connectivity index (χ1n) is 11.4. The lowest BCUT2D eigenvalue weighted by Gasteiger charge is -2.23. The van der Waals surface area contributed by atoms with E-state index in [2.05, 4.69) is 53.3 Å². The van der Waals surface area contributed by atoms with Gasteiger partial charge in [-0.15, -0.1) is 0 Å². The van der Waals surface area contributed by atoms with Gasteiger partial charge < -0.3 is 15.2 Å². The molecule has 4 rings (SSSR count). The molecule has 7 heteroatoms. The van der Waals surface area contributed by atoms with Crippen LogP contribution >= 0.6 is 12.2 Å². The van der Waals surface area contributed by atoms with E-state index < -0.39 is 0 Å². The molecule has 0 bridgehead atoms. The lowest BCUT2D eigenvalue weighted by atomic mass is 10.2. The average molecular weight is 473 g/mol. The van der Waals surface area contributed by atoms with Crippen molar-refractivity contribution >= 4 is 34.7 Å². The molecular weight excluding hydrogens is 444 g/mol. The standard InChI is InChI=1S/C27H28N4O2S/c1-3-30(22-9-6-8-19(2)18-22)17-7-16-28-25(32)20-12-14-21(15-13-20)31-26(33)23-10-4-5-11-24(23)29-27(31)34/h4-6,8-15,18H,3,7,16-17H2,1-2H3,(H,28,32)(H,29,34). The van der Waals surface area contributed by atoms with Crippen LogP contribution in [0.1, 0.15) is 29.3 Å². The summed E-state index contributed by atoms with van der Waals surface area (Å²) in [5.41, 5.74) is 4.11. The molecule has 6 nitrogen and oxygen atoms in total. The van der Waals surface area contributed by atoms with E-state index >= 15 is 0 Å². The van der Waals surface area contributed by atoms with Crippen molar-refractivity contribution in [3.63, 3.8) is 0 Å². The number of hydrogen-bond acceptors (Lipinski definition) is 4. The van der Waals surface area contributed by atoms with E-state index in [1.54, 1.807) is 30.3 Å². The zero-order valence-electron chi connectivity index (χ0n) is 19.4. The number of aromatic amines is 1. The monoisotopic (exact) mass is 472 g/mol. The van der Waals surface area contributed by atoms with Crippen LogP contribution in [0, 0.1) is 11.7 Å². The number of para-hydroxylation sites is 1. The third-order valence-electron chi connectivity index (χ3n) is 5.83. The van der Waals surface area contributed by atoms with E-state index in [0.717, 1.165) is 19.5 Å². The van der Waals surface area contributed by atoms with Crippen molar-refractivity contribution in [1.29, 1.82) is 0 Å². The van der Waals surface area contributed by atoms with Crippen molar-refractivity contribution in [2.75, 3.05) is 24.5 Å². The van der Waals surface area contributed by atoms with Crippen LogP contribution in [0.4, 0.5) is 5.69 Å². The van der Waals surface area contributed by atoms with Crippen LogP contribution in [-0.4, -0.2) is 35.1 Å². The quantitative estimate of drug-likeness (QED) is 0.280. The van der Waals surface area contributed by atoms with Gasteiger partial charge in [-0.2, -0.15) is 0 Å². The Kier molecular flexibility index (Phi) is 7.23. The van der Waals surface area contributed by atoms with Crippen molar-refractivity contribution < 1.29 is 4.79 Å². The first kappa shape index (κ1) is 23.4. The summed E-state index contributed by atoms with van der Waals surface area (Å²) in [6, 6.07) is 22.6. The zero-order valence-corrected chi connectivity index (χ0v) is 20.2. The molecule has 0 unspecified atom stereocenters. The van der Waals surface area contributed by atoms with E-state index in [4.69, 9.17) is 12.2 Å². The van der Waals surface area contributed by atoms with Crippen LogP contribution in [0.15, 0.2) is 77.6 Å². The molecule has 3 aromatic carbocycles. The number of amides is 1. The molecule has 1 amide bonds. The fraction of sp³-hybridized carbons (Fsp3) is 0.222. The number of carbonyl (C=O) groups is 1. The molecule has 0 saturated heterocycles. The third-order valence-corrected chi connectivity index (χ3v) is 6.12. The van der Waals surface area contributed by atoms with Crippen LogP contribution in [0.25, 0.3) is 16.6 Å². The maximum absolute atomic E-state index is 12.9. The number of hydrogen-bond donors (Lipinski definition) is 2. The van der Waals surface area contributed by atoms with Gasteiger partial charge in [0.05, 0.1) is 16.6 Å². The number of benzene rings is 3. The van der Waals surface area contributed by atoms with E-state index in [1.165, 1.54) is 15.8 Å². The molecule has 174 valence electrons. The van der Waals surface area contributed by atoms with Gasteiger partial charge >= 0.3 is 0 Å². The number of aromatic nitrogens is 2. The van der Waals surface area contributed by atoms with Gasteiger partial charge in [-0.25, -0.2) is 0 Å². The summed E-state index contributed by atoms with van der Waals surface area (Å²) in [5.74, 6) is -0.138. The van der Waals surface area contributed by atoms with Gasteiger partial charge in [0.25, 0.3) is 11.5 Å². The number of H-pyrrole nitrogens is 1. The minimum Gasteiger partial charge on any atom is -0.372 e. The predicted octanol–water partition coefficient (Wildman–Crippen LogP) is 5.00.